The number of nitrogens with zero attached hydrogens (tertiary/aromatic N) is 2. The lowest BCUT2D eigenvalue weighted by Crippen LogP contribution is -2.07. The Bertz CT molecular complexity index is 567. The Hall–Kier alpha value is -1.61. The van der Waals surface area contributed by atoms with Crippen LogP contribution in [0.1, 0.15) is 22.4 Å². The van der Waals surface area contributed by atoms with Gasteiger partial charge in [-0.25, -0.2) is 0 Å². The first kappa shape index (κ1) is 12.8. The van der Waals surface area contributed by atoms with Crippen molar-refractivity contribution in [3.05, 3.63) is 40.7 Å². The van der Waals surface area contributed by atoms with Gasteiger partial charge >= 0.3 is 0 Å². The highest BCUT2D eigenvalue weighted by molar-refractivity contribution is 5.70. The molecule has 18 heavy (non-hydrogen) atoms. The molecule has 0 aliphatic carbocycles. The van der Waals surface area contributed by atoms with Crippen LogP contribution >= 0.6 is 0 Å². The lowest BCUT2D eigenvalue weighted by Gasteiger charge is -2.10. The van der Waals surface area contributed by atoms with Crippen LogP contribution in [-0.4, -0.2) is 16.8 Å². The van der Waals surface area contributed by atoms with E-state index in [0.717, 1.165) is 12.2 Å². The van der Waals surface area contributed by atoms with Crippen LogP contribution in [0.25, 0.3) is 11.1 Å². The average Bonchev–Trinajstić information content (AvgIpc) is 2.65. The first-order valence-electron chi connectivity index (χ1n) is 6.28. The van der Waals surface area contributed by atoms with Gasteiger partial charge in [-0.2, -0.15) is 5.10 Å². The van der Waals surface area contributed by atoms with E-state index in [1.54, 1.807) is 0 Å². The van der Waals surface area contributed by atoms with E-state index in [-0.39, 0.29) is 0 Å². The van der Waals surface area contributed by atoms with Crippen LogP contribution in [0.4, 0.5) is 0 Å². The molecular formula is C15H21N3. The van der Waals surface area contributed by atoms with E-state index < -0.39 is 0 Å². The summed E-state index contributed by atoms with van der Waals surface area (Å²) in [7, 11) is 3.92. The number of hydrogen-bond donors (Lipinski definition) is 1. The summed E-state index contributed by atoms with van der Waals surface area (Å²) in [5, 5.41) is 7.70. The molecule has 0 aliphatic rings. The number of benzene rings is 1. The number of aromatic nitrogens is 2. The van der Waals surface area contributed by atoms with Gasteiger partial charge in [-0.1, -0.05) is 12.1 Å². The van der Waals surface area contributed by atoms with Crippen molar-refractivity contribution in [3.63, 3.8) is 0 Å². The van der Waals surface area contributed by atoms with Crippen molar-refractivity contribution >= 4 is 0 Å². The van der Waals surface area contributed by atoms with Crippen LogP contribution in [0, 0.1) is 20.8 Å². The highest BCUT2D eigenvalue weighted by Gasteiger charge is 2.12. The normalized spacial score (nSPS) is 10.9. The van der Waals surface area contributed by atoms with Gasteiger partial charge in [0.05, 0.1) is 5.69 Å². The highest BCUT2D eigenvalue weighted by Crippen LogP contribution is 2.28. The highest BCUT2D eigenvalue weighted by atomic mass is 15.3. The minimum Gasteiger partial charge on any atom is -0.314 e. The van der Waals surface area contributed by atoms with Gasteiger partial charge in [0.15, 0.2) is 0 Å². The molecule has 3 heteroatoms. The molecule has 96 valence electrons. The Morgan fingerprint density at radius 3 is 2.39 bits per heavy atom. The van der Waals surface area contributed by atoms with Crippen molar-refractivity contribution in [2.75, 3.05) is 7.05 Å². The molecule has 0 atom stereocenters. The number of rotatable bonds is 3. The van der Waals surface area contributed by atoms with Gasteiger partial charge in [0.1, 0.15) is 0 Å². The van der Waals surface area contributed by atoms with E-state index in [9.17, 15) is 0 Å². The van der Waals surface area contributed by atoms with Crippen LogP contribution in [0.5, 0.6) is 0 Å². The summed E-state index contributed by atoms with van der Waals surface area (Å²) in [4.78, 5) is 0. The van der Waals surface area contributed by atoms with E-state index in [4.69, 9.17) is 0 Å². The molecule has 1 N–H and O–H groups in total. The Kier molecular flexibility index (Phi) is 3.53. The number of aryl methyl sites for hydroxylation is 4. The monoisotopic (exact) mass is 243 g/mol. The molecule has 0 fully saturated rings. The Labute approximate surface area is 109 Å². The van der Waals surface area contributed by atoms with Crippen molar-refractivity contribution in [1.82, 2.24) is 15.1 Å². The lowest BCUT2D eigenvalue weighted by atomic mass is 9.96. The molecule has 3 nitrogen and oxygen atoms in total. The number of hydrogen-bond acceptors (Lipinski definition) is 2. The molecule has 0 saturated heterocycles. The van der Waals surface area contributed by atoms with E-state index in [0.29, 0.717) is 0 Å². The summed E-state index contributed by atoms with van der Waals surface area (Å²) in [5.41, 5.74) is 7.60. The second kappa shape index (κ2) is 4.94. The molecule has 1 heterocycles. The molecule has 1 aromatic heterocycles. The standard InChI is InChI=1S/C15H21N3/c1-10-6-12(3)13(7-11(10)2)14-9-18(5)17-15(14)8-16-4/h6-7,9,16H,8H2,1-5H3. The molecule has 0 aliphatic heterocycles. The summed E-state index contributed by atoms with van der Waals surface area (Å²) >= 11 is 0. The second-order valence-corrected chi connectivity index (χ2v) is 4.94. The van der Waals surface area contributed by atoms with E-state index in [1.807, 2.05) is 18.8 Å². The first-order valence-corrected chi connectivity index (χ1v) is 6.28. The number of nitrogens with one attached hydrogen (secondary N) is 1. The molecule has 0 amide bonds. The van der Waals surface area contributed by atoms with Crippen molar-refractivity contribution in [2.45, 2.75) is 27.3 Å². The van der Waals surface area contributed by atoms with Gasteiger partial charge in [0.2, 0.25) is 0 Å². The van der Waals surface area contributed by atoms with Crippen LogP contribution < -0.4 is 5.32 Å². The Morgan fingerprint density at radius 1 is 1.06 bits per heavy atom. The molecule has 0 unspecified atom stereocenters. The van der Waals surface area contributed by atoms with E-state index in [1.165, 1.54) is 27.8 Å². The quantitative estimate of drug-likeness (QED) is 0.898. The fraction of sp³-hybridized carbons (Fsp3) is 0.400. The van der Waals surface area contributed by atoms with Crippen molar-refractivity contribution in [1.29, 1.82) is 0 Å². The zero-order chi connectivity index (χ0) is 13.3. The van der Waals surface area contributed by atoms with E-state index >= 15 is 0 Å². The second-order valence-electron chi connectivity index (χ2n) is 4.94. The third-order valence-electron chi connectivity index (χ3n) is 3.38. The van der Waals surface area contributed by atoms with Crippen LogP contribution in [0.3, 0.4) is 0 Å². The Balaban J connectivity index is 2.57. The fourth-order valence-electron chi connectivity index (χ4n) is 2.31. The third kappa shape index (κ3) is 2.31. The van der Waals surface area contributed by atoms with Crippen LogP contribution in [0.15, 0.2) is 18.3 Å². The third-order valence-corrected chi connectivity index (χ3v) is 3.38. The SMILES string of the molecule is CNCc1nn(C)cc1-c1cc(C)c(C)cc1C. The summed E-state index contributed by atoms with van der Waals surface area (Å²) in [6, 6.07) is 4.52. The fourth-order valence-corrected chi connectivity index (χ4v) is 2.31. The maximum absolute atomic E-state index is 4.52. The zero-order valence-corrected chi connectivity index (χ0v) is 11.8. The van der Waals surface area contributed by atoms with Crippen LogP contribution in [0.2, 0.25) is 0 Å². The lowest BCUT2D eigenvalue weighted by molar-refractivity contribution is 0.712. The first-order chi connectivity index (χ1) is 8.52. The topological polar surface area (TPSA) is 29.9 Å². The van der Waals surface area contributed by atoms with Crippen molar-refractivity contribution in [2.24, 2.45) is 7.05 Å². The molecular weight excluding hydrogens is 222 g/mol. The zero-order valence-electron chi connectivity index (χ0n) is 11.8. The maximum atomic E-state index is 4.52. The van der Waals surface area contributed by atoms with Gasteiger partial charge in [0, 0.05) is 25.4 Å². The minimum absolute atomic E-state index is 0.794. The molecule has 0 saturated carbocycles. The molecule has 2 rings (SSSR count). The average molecular weight is 243 g/mol. The van der Waals surface area contributed by atoms with Crippen molar-refractivity contribution in [3.8, 4) is 11.1 Å². The molecule has 0 bridgehead atoms. The van der Waals surface area contributed by atoms with E-state index in [2.05, 4.69) is 49.5 Å². The minimum atomic E-state index is 0.794. The van der Waals surface area contributed by atoms with Crippen LogP contribution in [-0.2, 0) is 13.6 Å². The maximum Gasteiger partial charge on any atom is 0.0840 e. The molecule has 0 spiro atoms. The summed E-state index contributed by atoms with van der Waals surface area (Å²) in [6.45, 7) is 7.27. The Morgan fingerprint density at radius 2 is 1.72 bits per heavy atom. The molecule has 1 aromatic carbocycles. The summed E-state index contributed by atoms with van der Waals surface area (Å²) in [6.07, 6.45) is 2.10. The largest absolute Gasteiger partial charge is 0.314 e. The van der Waals surface area contributed by atoms with Gasteiger partial charge < -0.3 is 5.32 Å². The van der Waals surface area contributed by atoms with Crippen molar-refractivity contribution < 1.29 is 0 Å². The van der Waals surface area contributed by atoms with Gasteiger partial charge in [-0.3, -0.25) is 4.68 Å². The van der Waals surface area contributed by atoms with Gasteiger partial charge in [-0.15, -0.1) is 0 Å². The molecule has 2 aromatic rings. The summed E-state index contributed by atoms with van der Waals surface area (Å²) in [5.74, 6) is 0. The van der Waals surface area contributed by atoms with Gasteiger partial charge in [0.25, 0.3) is 0 Å². The smallest absolute Gasteiger partial charge is 0.0840 e. The predicted octanol–water partition coefficient (Wildman–Crippen LogP) is 2.73. The predicted molar refractivity (Wildman–Crippen MR) is 75.6 cm³/mol. The summed E-state index contributed by atoms with van der Waals surface area (Å²) < 4.78 is 1.89. The molecule has 0 radical (unpaired) electrons. The van der Waals surface area contributed by atoms with Gasteiger partial charge in [-0.05, 0) is 50.1 Å².